The molecule has 0 amide bonds. The molecular weight excluding hydrogens is 255 g/mol. The number of benzene rings is 1. The Kier molecular flexibility index (Phi) is 4.27. The van der Waals surface area contributed by atoms with Gasteiger partial charge in [-0.05, 0) is 17.2 Å². The molecular formula is C11H13ClF3NO. The van der Waals surface area contributed by atoms with Crippen molar-refractivity contribution in [3.05, 3.63) is 29.3 Å². The van der Waals surface area contributed by atoms with Gasteiger partial charge in [-0.3, -0.25) is 0 Å². The van der Waals surface area contributed by atoms with Gasteiger partial charge in [-0.2, -0.15) is 13.2 Å². The number of hydrogen-bond acceptors (Lipinski definition) is 2. The molecule has 1 aromatic rings. The fourth-order valence-electron chi connectivity index (χ4n) is 1.80. The molecule has 0 aromatic heterocycles. The highest BCUT2D eigenvalue weighted by Crippen LogP contribution is 2.32. The van der Waals surface area contributed by atoms with Gasteiger partial charge in [0.05, 0.1) is 13.0 Å². The van der Waals surface area contributed by atoms with Gasteiger partial charge >= 0.3 is 6.18 Å². The van der Waals surface area contributed by atoms with Crippen molar-refractivity contribution in [3.8, 4) is 5.75 Å². The maximum Gasteiger partial charge on any atom is 0.390 e. The van der Waals surface area contributed by atoms with Crippen LogP contribution in [0.4, 0.5) is 13.2 Å². The molecule has 2 nitrogen and oxygen atoms in total. The molecule has 0 spiro atoms. The Balaban J connectivity index is 0.00000144. The van der Waals surface area contributed by atoms with E-state index in [2.05, 4.69) is 0 Å². The number of halogens is 4. The standard InChI is InChI=1S/C11H12F3NO.ClH/c12-11(13,14)6-9(15)7-1-2-10-8(5-7)3-4-16-10;/h1-2,5,9H,3-4,6,15H2;1H/t9-;/m0./s1. The molecule has 17 heavy (non-hydrogen) atoms. The molecule has 96 valence electrons. The van der Waals surface area contributed by atoms with Crippen LogP contribution < -0.4 is 10.5 Å². The first-order chi connectivity index (χ1) is 7.46. The van der Waals surface area contributed by atoms with Gasteiger partial charge < -0.3 is 10.5 Å². The molecule has 0 saturated carbocycles. The second kappa shape index (κ2) is 5.14. The van der Waals surface area contributed by atoms with Gasteiger partial charge in [0, 0.05) is 12.5 Å². The fourth-order valence-corrected chi connectivity index (χ4v) is 1.80. The van der Waals surface area contributed by atoms with E-state index in [0.717, 1.165) is 17.7 Å². The lowest BCUT2D eigenvalue weighted by Crippen LogP contribution is -2.20. The molecule has 1 aliphatic heterocycles. The second-order valence-electron chi connectivity index (χ2n) is 3.89. The predicted octanol–water partition coefficient (Wildman–Crippen LogP) is 3.00. The second-order valence-corrected chi connectivity index (χ2v) is 3.89. The molecule has 2 rings (SSSR count). The molecule has 0 radical (unpaired) electrons. The van der Waals surface area contributed by atoms with Crippen molar-refractivity contribution in [2.75, 3.05) is 6.61 Å². The Morgan fingerprint density at radius 3 is 2.71 bits per heavy atom. The first kappa shape index (κ1) is 14.1. The van der Waals surface area contributed by atoms with Gasteiger partial charge in [-0.15, -0.1) is 12.4 Å². The molecule has 1 aliphatic rings. The molecule has 0 fully saturated rings. The van der Waals surface area contributed by atoms with Crippen LogP contribution in [-0.2, 0) is 6.42 Å². The number of alkyl halides is 3. The smallest absolute Gasteiger partial charge is 0.390 e. The summed E-state index contributed by atoms with van der Waals surface area (Å²) in [5.41, 5.74) is 6.97. The van der Waals surface area contributed by atoms with Gasteiger partial charge in [-0.1, -0.05) is 12.1 Å². The third-order valence-corrected chi connectivity index (χ3v) is 2.59. The van der Waals surface area contributed by atoms with Crippen LogP contribution in [0.15, 0.2) is 18.2 Å². The van der Waals surface area contributed by atoms with E-state index in [1.807, 2.05) is 0 Å². The molecule has 1 aromatic carbocycles. The maximum absolute atomic E-state index is 12.2. The van der Waals surface area contributed by atoms with Crippen molar-refractivity contribution >= 4 is 12.4 Å². The number of nitrogens with two attached hydrogens (primary N) is 1. The summed E-state index contributed by atoms with van der Waals surface area (Å²) in [5, 5.41) is 0. The van der Waals surface area contributed by atoms with Crippen LogP contribution >= 0.6 is 12.4 Å². The largest absolute Gasteiger partial charge is 0.493 e. The molecule has 0 bridgehead atoms. The minimum Gasteiger partial charge on any atom is -0.493 e. The van der Waals surface area contributed by atoms with E-state index in [9.17, 15) is 13.2 Å². The minimum atomic E-state index is -4.23. The summed E-state index contributed by atoms with van der Waals surface area (Å²) in [4.78, 5) is 0. The average molecular weight is 268 g/mol. The molecule has 6 heteroatoms. The highest BCUT2D eigenvalue weighted by molar-refractivity contribution is 5.85. The molecule has 1 atom stereocenters. The van der Waals surface area contributed by atoms with Crippen LogP contribution in [0, 0.1) is 0 Å². The van der Waals surface area contributed by atoms with E-state index in [4.69, 9.17) is 10.5 Å². The van der Waals surface area contributed by atoms with Crippen molar-refractivity contribution in [2.45, 2.75) is 25.1 Å². The SMILES string of the molecule is Cl.N[C@@H](CC(F)(F)F)c1ccc2c(c1)CCO2. The Bertz CT molecular complexity index is 395. The Morgan fingerprint density at radius 2 is 2.06 bits per heavy atom. The minimum absolute atomic E-state index is 0. The lowest BCUT2D eigenvalue weighted by atomic mass is 10.0. The number of hydrogen-bond donors (Lipinski definition) is 1. The summed E-state index contributed by atoms with van der Waals surface area (Å²) in [6, 6.07) is 4.00. The molecule has 2 N–H and O–H groups in total. The van der Waals surface area contributed by atoms with E-state index in [0.29, 0.717) is 12.2 Å². The van der Waals surface area contributed by atoms with Gasteiger partial charge in [0.15, 0.2) is 0 Å². The van der Waals surface area contributed by atoms with Crippen LogP contribution in [0.2, 0.25) is 0 Å². The van der Waals surface area contributed by atoms with Crippen molar-refractivity contribution in [1.82, 2.24) is 0 Å². The van der Waals surface area contributed by atoms with Crippen LogP contribution in [-0.4, -0.2) is 12.8 Å². The summed E-state index contributed by atoms with van der Waals surface area (Å²) in [6.45, 7) is 0.591. The lowest BCUT2D eigenvalue weighted by molar-refractivity contribution is -0.138. The van der Waals surface area contributed by atoms with E-state index in [1.54, 1.807) is 18.2 Å². The molecule has 0 unspecified atom stereocenters. The Morgan fingerprint density at radius 1 is 1.35 bits per heavy atom. The van der Waals surface area contributed by atoms with E-state index >= 15 is 0 Å². The summed E-state index contributed by atoms with van der Waals surface area (Å²) < 4.78 is 41.8. The Labute approximate surface area is 103 Å². The zero-order valence-corrected chi connectivity index (χ0v) is 9.77. The summed E-state index contributed by atoms with van der Waals surface area (Å²) in [6.07, 6.45) is -4.48. The lowest BCUT2D eigenvalue weighted by Gasteiger charge is -2.15. The topological polar surface area (TPSA) is 35.2 Å². The highest BCUT2D eigenvalue weighted by Gasteiger charge is 2.31. The van der Waals surface area contributed by atoms with Crippen molar-refractivity contribution in [2.24, 2.45) is 5.73 Å². The first-order valence-electron chi connectivity index (χ1n) is 5.04. The normalized spacial score (nSPS) is 15.8. The summed E-state index contributed by atoms with van der Waals surface area (Å²) in [5.74, 6) is 0.753. The molecule has 1 heterocycles. The summed E-state index contributed by atoms with van der Waals surface area (Å²) in [7, 11) is 0. The third-order valence-electron chi connectivity index (χ3n) is 2.59. The van der Waals surface area contributed by atoms with E-state index in [1.165, 1.54) is 0 Å². The van der Waals surface area contributed by atoms with Gasteiger partial charge in [0.1, 0.15) is 5.75 Å². The van der Waals surface area contributed by atoms with E-state index < -0.39 is 18.6 Å². The molecule has 0 aliphatic carbocycles. The van der Waals surface area contributed by atoms with E-state index in [-0.39, 0.29) is 12.4 Å². The van der Waals surface area contributed by atoms with Gasteiger partial charge in [0.2, 0.25) is 0 Å². The van der Waals surface area contributed by atoms with Crippen molar-refractivity contribution in [3.63, 3.8) is 0 Å². The summed E-state index contributed by atoms with van der Waals surface area (Å²) >= 11 is 0. The quantitative estimate of drug-likeness (QED) is 0.894. The Hall–Kier alpha value is -0.940. The van der Waals surface area contributed by atoms with Crippen LogP contribution in [0.5, 0.6) is 5.75 Å². The average Bonchev–Trinajstić information content (AvgIpc) is 2.61. The fraction of sp³-hybridized carbons (Fsp3) is 0.455. The zero-order chi connectivity index (χ0) is 11.8. The number of fused-ring (bicyclic) bond motifs is 1. The predicted molar refractivity (Wildman–Crippen MR) is 60.5 cm³/mol. The van der Waals surface area contributed by atoms with Crippen LogP contribution in [0.25, 0.3) is 0 Å². The maximum atomic E-state index is 12.2. The highest BCUT2D eigenvalue weighted by atomic mass is 35.5. The van der Waals surface area contributed by atoms with Crippen molar-refractivity contribution < 1.29 is 17.9 Å². The number of ether oxygens (including phenoxy) is 1. The third kappa shape index (κ3) is 3.51. The van der Waals surface area contributed by atoms with Crippen LogP contribution in [0.3, 0.4) is 0 Å². The van der Waals surface area contributed by atoms with Crippen molar-refractivity contribution in [1.29, 1.82) is 0 Å². The first-order valence-corrected chi connectivity index (χ1v) is 5.04. The molecule has 0 saturated heterocycles. The van der Waals surface area contributed by atoms with Crippen LogP contribution in [0.1, 0.15) is 23.6 Å². The van der Waals surface area contributed by atoms with Gasteiger partial charge in [-0.25, -0.2) is 0 Å². The zero-order valence-electron chi connectivity index (χ0n) is 8.96. The van der Waals surface area contributed by atoms with Gasteiger partial charge in [0.25, 0.3) is 0 Å². The monoisotopic (exact) mass is 267 g/mol. The number of rotatable bonds is 2.